The monoisotopic (exact) mass is 252 g/mol. The van der Waals surface area contributed by atoms with E-state index in [0.717, 1.165) is 6.42 Å². The Kier molecular flexibility index (Phi) is 3.61. The maximum Gasteiger partial charge on any atom is 0.347 e. The summed E-state index contributed by atoms with van der Waals surface area (Å²) in [4.78, 5) is 11.7. The lowest BCUT2D eigenvalue weighted by Crippen LogP contribution is -2.17. The molecule has 1 aromatic heterocycles. The Morgan fingerprint density at radius 2 is 2.29 bits per heavy atom. The first-order valence-corrected chi connectivity index (χ1v) is 5.72. The molecule has 90 valence electrons. The highest BCUT2D eigenvalue weighted by Gasteiger charge is 2.09. The molecular weight excluding hydrogens is 240 g/mol. The van der Waals surface area contributed by atoms with Crippen molar-refractivity contribution in [1.29, 1.82) is 0 Å². The van der Waals surface area contributed by atoms with Crippen molar-refractivity contribution in [2.24, 2.45) is 5.73 Å². The molecule has 3 N–H and O–H groups in total. The molecule has 2 aromatic rings. The molecular formula is C11H13ClN4O. The number of nitrogens with two attached hydrogens (primary N) is 1. The molecule has 0 fully saturated rings. The number of aromatic nitrogens is 3. The van der Waals surface area contributed by atoms with Gasteiger partial charge in [0.15, 0.2) is 0 Å². The van der Waals surface area contributed by atoms with Crippen LogP contribution in [0.3, 0.4) is 0 Å². The smallest absolute Gasteiger partial charge is 0.330 e. The quantitative estimate of drug-likeness (QED) is 0.856. The van der Waals surface area contributed by atoms with Gasteiger partial charge in [0.1, 0.15) is 5.82 Å². The Balaban J connectivity index is 2.43. The zero-order chi connectivity index (χ0) is 12.3. The summed E-state index contributed by atoms with van der Waals surface area (Å²) in [6.45, 7) is 0.566. The number of rotatable bonds is 4. The van der Waals surface area contributed by atoms with Crippen LogP contribution in [0.15, 0.2) is 29.1 Å². The molecule has 17 heavy (non-hydrogen) atoms. The lowest BCUT2D eigenvalue weighted by molar-refractivity contribution is 0.757. The number of hydrogen-bond acceptors (Lipinski definition) is 3. The van der Waals surface area contributed by atoms with E-state index in [1.165, 1.54) is 4.57 Å². The zero-order valence-corrected chi connectivity index (χ0v) is 9.94. The summed E-state index contributed by atoms with van der Waals surface area (Å²) in [5.41, 5.74) is 5.90. The van der Waals surface area contributed by atoms with Crippen molar-refractivity contribution >= 4 is 11.6 Å². The molecule has 0 spiro atoms. The van der Waals surface area contributed by atoms with E-state index in [0.29, 0.717) is 29.5 Å². The van der Waals surface area contributed by atoms with Crippen molar-refractivity contribution < 1.29 is 0 Å². The van der Waals surface area contributed by atoms with E-state index < -0.39 is 0 Å². The van der Waals surface area contributed by atoms with Crippen LogP contribution in [0.5, 0.6) is 0 Å². The van der Waals surface area contributed by atoms with Gasteiger partial charge in [0, 0.05) is 11.4 Å². The van der Waals surface area contributed by atoms with E-state index in [2.05, 4.69) is 10.2 Å². The van der Waals surface area contributed by atoms with Crippen molar-refractivity contribution in [3.8, 4) is 5.69 Å². The summed E-state index contributed by atoms with van der Waals surface area (Å²) >= 11 is 5.90. The largest absolute Gasteiger partial charge is 0.347 e. The highest BCUT2D eigenvalue weighted by molar-refractivity contribution is 6.30. The summed E-state index contributed by atoms with van der Waals surface area (Å²) in [6, 6.07) is 7.10. The van der Waals surface area contributed by atoms with Crippen molar-refractivity contribution in [3.05, 3.63) is 45.6 Å². The molecule has 0 aliphatic heterocycles. The molecule has 0 atom stereocenters. The van der Waals surface area contributed by atoms with E-state index in [1.54, 1.807) is 18.2 Å². The lowest BCUT2D eigenvalue weighted by atomic mass is 10.2. The zero-order valence-electron chi connectivity index (χ0n) is 9.19. The summed E-state index contributed by atoms with van der Waals surface area (Å²) in [7, 11) is 0. The molecule has 0 aliphatic carbocycles. The van der Waals surface area contributed by atoms with Crippen LogP contribution in [0, 0.1) is 0 Å². The number of aromatic amines is 1. The molecule has 0 saturated heterocycles. The van der Waals surface area contributed by atoms with Gasteiger partial charge in [-0.3, -0.25) is 0 Å². The lowest BCUT2D eigenvalue weighted by Gasteiger charge is -2.05. The van der Waals surface area contributed by atoms with Crippen molar-refractivity contribution in [1.82, 2.24) is 14.8 Å². The minimum Gasteiger partial charge on any atom is -0.330 e. The first-order chi connectivity index (χ1) is 8.22. The fourth-order valence-electron chi connectivity index (χ4n) is 1.64. The third kappa shape index (κ3) is 2.57. The van der Waals surface area contributed by atoms with Gasteiger partial charge in [0.25, 0.3) is 0 Å². The molecule has 6 heteroatoms. The SMILES string of the molecule is NCCCc1n[nH]c(=O)n1-c1cccc(Cl)c1. The predicted octanol–water partition coefficient (Wildman–Crippen LogP) is 1.11. The summed E-state index contributed by atoms with van der Waals surface area (Å²) in [6.07, 6.45) is 1.44. The van der Waals surface area contributed by atoms with Gasteiger partial charge >= 0.3 is 5.69 Å². The number of H-pyrrole nitrogens is 1. The third-order valence-electron chi connectivity index (χ3n) is 2.41. The maximum atomic E-state index is 11.7. The number of benzene rings is 1. The number of nitrogens with one attached hydrogen (secondary N) is 1. The van der Waals surface area contributed by atoms with E-state index in [1.807, 2.05) is 6.07 Å². The standard InChI is InChI=1S/C11H13ClN4O/c12-8-3-1-4-9(7-8)16-10(5-2-6-13)14-15-11(16)17/h1,3-4,7H,2,5-6,13H2,(H,15,17). The van der Waals surface area contributed by atoms with Crippen molar-refractivity contribution in [3.63, 3.8) is 0 Å². The number of nitrogens with zero attached hydrogens (tertiary/aromatic N) is 2. The molecule has 0 unspecified atom stereocenters. The Morgan fingerprint density at radius 1 is 1.47 bits per heavy atom. The van der Waals surface area contributed by atoms with Gasteiger partial charge in [-0.25, -0.2) is 14.5 Å². The van der Waals surface area contributed by atoms with Gasteiger partial charge in [0.05, 0.1) is 5.69 Å². The molecule has 0 bridgehead atoms. The first-order valence-electron chi connectivity index (χ1n) is 5.34. The van der Waals surface area contributed by atoms with E-state index >= 15 is 0 Å². The van der Waals surface area contributed by atoms with Gasteiger partial charge < -0.3 is 5.73 Å². The average molecular weight is 253 g/mol. The second-order valence-corrected chi connectivity index (χ2v) is 4.09. The molecule has 5 nitrogen and oxygen atoms in total. The molecule has 1 heterocycles. The second kappa shape index (κ2) is 5.16. The number of aryl methyl sites for hydroxylation is 1. The van der Waals surface area contributed by atoms with Gasteiger partial charge in [-0.15, -0.1) is 0 Å². The van der Waals surface area contributed by atoms with Crippen LogP contribution in [-0.2, 0) is 6.42 Å². The van der Waals surface area contributed by atoms with E-state index in [4.69, 9.17) is 17.3 Å². The predicted molar refractivity (Wildman–Crippen MR) is 66.6 cm³/mol. The maximum absolute atomic E-state index is 11.7. The first kappa shape index (κ1) is 11.9. The normalized spacial score (nSPS) is 10.7. The Morgan fingerprint density at radius 3 is 3.00 bits per heavy atom. The minimum atomic E-state index is -0.265. The highest BCUT2D eigenvalue weighted by atomic mass is 35.5. The number of hydrogen-bond donors (Lipinski definition) is 2. The fourth-order valence-corrected chi connectivity index (χ4v) is 1.82. The van der Waals surface area contributed by atoms with Crippen molar-refractivity contribution in [2.45, 2.75) is 12.8 Å². The third-order valence-corrected chi connectivity index (χ3v) is 2.65. The van der Waals surface area contributed by atoms with Gasteiger partial charge in [0.2, 0.25) is 0 Å². The van der Waals surface area contributed by atoms with Gasteiger partial charge in [-0.2, -0.15) is 5.10 Å². The molecule has 0 aliphatic rings. The van der Waals surface area contributed by atoms with Crippen LogP contribution in [0.4, 0.5) is 0 Å². The molecule has 0 amide bonds. The van der Waals surface area contributed by atoms with Crippen LogP contribution in [-0.4, -0.2) is 21.3 Å². The topological polar surface area (TPSA) is 76.7 Å². The van der Waals surface area contributed by atoms with Gasteiger partial charge in [-0.05, 0) is 31.2 Å². The van der Waals surface area contributed by atoms with E-state index in [9.17, 15) is 4.79 Å². The highest BCUT2D eigenvalue weighted by Crippen LogP contribution is 2.14. The summed E-state index contributed by atoms with van der Waals surface area (Å²) < 4.78 is 1.52. The van der Waals surface area contributed by atoms with Crippen LogP contribution in [0.1, 0.15) is 12.2 Å². The molecule has 1 aromatic carbocycles. The van der Waals surface area contributed by atoms with Crippen LogP contribution in [0.2, 0.25) is 5.02 Å². The van der Waals surface area contributed by atoms with E-state index in [-0.39, 0.29) is 5.69 Å². The van der Waals surface area contributed by atoms with Crippen LogP contribution < -0.4 is 11.4 Å². The molecule has 2 rings (SSSR count). The fraction of sp³-hybridized carbons (Fsp3) is 0.273. The second-order valence-electron chi connectivity index (χ2n) is 3.65. The summed E-state index contributed by atoms with van der Waals surface area (Å²) in [5.74, 6) is 0.669. The Bertz CT molecular complexity index is 561. The Labute approximate surface area is 103 Å². The average Bonchev–Trinajstić information content (AvgIpc) is 2.68. The summed E-state index contributed by atoms with van der Waals surface area (Å²) in [5, 5.41) is 7.01. The Hall–Kier alpha value is -1.59. The van der Waals surface area contributed by atoms with Crippen molar-refractivity contribution in [2.75, 3.05) is 6.54 Å². The van der Waals surface area contributed by atoms with Crippen LogP contribution >= 0.6 is 11.6 Å². The number of halogens is 1. The minimum absolute atomic E-state index is 0.265. The molecule has 0 radical (unpaired) electrons. The van der Waals surface area contributed by atoms with Gasteiger partial charge in [-0.1, -0.05) is 17.7 Å². The molecule has 0 saturated carbocycles. The van der Waals surface area contributed by atoms with Crippen LogP contribution in [0.25, 0.3) is 5.69 Å².